The van der Waals surface area contributed by atoms with Crippen LogP contribution in [0.2, 0.25) is 0 Å². The normalized spacial score (nSPS) is 30.4. The van der Waals surface area contributed by atoms with Crippen molar-refractivity contribution in [2.45, 2.75) is 0 Å². The molecule has 0 aromatic carbocycles. The number of amides is 1. The van der Waals surface area contributed by atoms with Crippen molar-refractivity contribution in [1.82, 2.24) is 9.21 Å². The molecule has 2 heterocycles. The molecule has 0 radical (unpaired) electrons. The van der Waals surface area contributed by atoms with Gasteiger partial charge in [0.2, 0.25) is 10.0 Å². The van der Waals surface area contributed by atoms with Crippen molar-refractivity contribution in [2.75, 3.05) is 26.2 Å². The van der Waals surface area contributed by atoms with E-state index in [1.807, 2.05) is 0 Å². The van der Waals surface area contributed by atoms with Gasteiger partial charge in [-0.05, 0) is 11.8 Å². The summed E-state index contributed by atoms with van der Waals surface area (Å²) < 4.78 is 24.4. The molecule has 16 heavy (non-hydrogen) atoms. The smallest absolute Gasteiger partial charge is 0.407 e. The molecule has 0 bridgehead atoms. The summed E-state index contributed by atoms with van der Waals surface area (Å²) in [6.07, 6.45) is -0.924. The highest BCUT2D eigenvalue weighted by atomic mass is 32.2. The number of likely N-dealkylation sites (tertiary alicyclic amines) is 1. The van der Waals surface area contributed by atoms with E-state index in [0.29, 0.717) is 26.2 Å². The second-order valence-electron chi connectivity index (χ2n) is 4.24. The number of sulfonamides is 1. The Morgan fingerprint density at radius 2 is 1.75 bits per heavy atom. The average Bonchev–Trinajstić information content (AvgIpc) is 2.74. The lowest BCUT2D eigenvalue weighted by molar-refractivity contribution is 0.151. The van der Waals surface area contributed by atoms with Gasteiger partial charge in [-0.1, -0.05) is 6.58 Å². The molecule has 6 nitrogen and oxygen atoms in total. The number of hydrogen-bond acceptors (Lipinski definition) is 3. The fraction of sp³-hybridized carbons (Fsp3) is 0.667. The third-order valence-corrected chi connectivity index (χ3v) is 4.73. The number of rotatable bonds is 2. The summed E-state index contributed by atoms with van der Waals surface area (Å²) in [4.78, 5) is 12.1. The Hall–Kier alpha value is -1.08. The Kier molecular flexibility index (Phi) is 2.67. The van der Waals surface area contributed by atoms with E-state index in [4.69, 9.17) is 5.11 Å². The van der Waals surface area contributed by atoms with E-state index in [9.17, 15) is 13.2 Å². The van der Waals surface area contributed by atoms with Crippen LogP contribution >= 0.6 is 0 Å². The van der Waals surface area contributed by atoms with Gasteiger partial charge >= 0.3 is 6.09 Å². The summed E-state index contributed by atoms with van der Waals surface area (Å²) in [6, 6.07) is 0. The van der Waals surface area contributed by atoms with E-state index >= 15 is 0 Å². The van der Waals surface area contributed by atoms with Crippen molar-refractivity contribution in [1.29, 1.82) is 0 Å². The molecule has 2 saturated heterocycles. The Labute approximate surface area is 94.2 Å². The zero-order valence-electron chi connectivity index (χ0n) is 8.74. The van der Waals surface area contributed by atoms with Gasteiger partial charge in [0.15, 0.2) is 0 Å². The highest BCUT2D eigenvalue weighted by Gasteiger charge is 2.44. The first kappa shape index (κ1) is 11.4. The summed E-state index contributed by atoms with van der Waals surface area (Å²) in [5.41, 5.74) is 0. The highest BCUT2D eigenvalue weighted by molar-refractivity contribution is 7.92. The van der Waals surface area contributed by atoms with Gasteiger partial charge in [0, 0.05) is 31.6 Å². The third kappa shape index (κ3) is 1.80. The van der Waals surface area contributed by atoms with Crippen LogP contribution in [0.3, 0.4) is 0 Å². The lowest BCUT2D eigenvalue weighted by atomic mass is 10.0. The Morgan fingerprint density at radius 1 is 1.25 bits per heavy atom. The van der Waals surface area contributed by atoms with Crippen LogP contribution in [0.15, 0.2) is 12.0 Å². The standard InChI is InChI=1S/C9H14N2O4S/c1-2-16(14,15)11-5-7-3-10(9(12)13)4-8(7)6-11/h2,7-8H,1,3-6H2,(H,12,13). The average molecular weight is 246 g/mol. The van der Waals surface area contributed by atoms with E-state index < -0.39 is 16.1 Å². The van der Waals surface area contributed by atoms with Crippen LogP contribution in [0, 0.1) is 11.8 Å². The molecule has 0 aromatic rings. The lowest BCUT2D eigenvalue weighted by Crippen LogP contribution is -2.34. The van der Waals surface area contributed by atoms with Crippen LogP contribution in [0.5, 0.6) is 0 Å². The maximum Gasteiger partial charge on any atom is 0.407 e. The fourth-order valence-corrected chi connectivity index (χ4v) is 3.43. The second-order valence-corrected chi connectivity index (χ2v) is 6.12. The lowest BCUT2D eigenvalue weighted by Gasteiger charge is -2.17. The maximum absolute atomic E-state index is 11.5. The highest BCUT2D eigenvalue weighted by Crippen LogP contribution is 2.32. The van der Waals surface area contributed by atoms with Crippen molar-refractivity contribution in [3.05, 3.63) is 12.0 Å². The zero-order chi connectivity index (χ0) is 11.9. The molecule has 1 N–H and O–H groups in total. The number of hydrogen-bond donors (Lipinski definition) is 1. The molecule has 90 valence electrons. The Balaban J connectivity index is 2.04. The van der Waals surface area contributed by atoms with Crippen molar-refractivity contribution in [2.24, 2.45) is 11.8 Å². The molecule has 2 rings (SSSR count). The minimum absolute atomic E-state index is 0.130. The molecule has 2 fully saturated rings. The Bertz CT molecular complexity index is 405. The van der Waals surface area contributed by atoms with Gasteiger partial charge in [-0.15, -0.1) is 0 Å². The molecule has 0 aromatic heterocycles. The molecule has 2 aliphatic rings. The maximum atomic E-state index is 11.5. The second kappa shape index (κ2) is 3.74. The van der Waals surface area contributed by atoms with Gasteiger partial charge < -0.3 is 10.0 Å². The van der Waals surface area contributed by atoms with Crippen LogP contribution in [-0.2, 0) is 10.0 Å². The van der Waals surface area contributed by atoms with Crippen molar-refractivity contribution < 1.29 is 18.3 Å². The Morgan fingerprint density at radius 3 is 2.12 bits per heavy atom. The predicted molar refractivity (Wildman–Crippen MR) is 57.3 cm³/mol. The summed E-state index contributed by atoms with van der Waals surface area (Å²) in [7, 11) is -3.35. The first-order chi connectivity index (χ1) is 7.44. The van der Waals surface area contributed by atoms with Crippen molar-refractivity contribution >= 4 is 16.1 Å². The molecule has 0 aliphatic carbocycles. The summed E-state index contributed by atoms with van der Waals surface area (Å²) >= 11 is 0. The van der Waals surface area contributed by atoms with Crippen LogP contribution in [0.25, 0.3) is 0 Å². The van der Waals surface area contributed by atoms with Crippen LogP contribution in [0.4, 0.5) is 4.79 Å². The minimum Gasteiger partial charge on any atom is -0.465 e. The number of carbonyl (C=O) groups is 1. The molecular weight excluding hydrogens is 232 g/mol. The summed E-state index contributed by atoms with van der Waals surface area (Å²) in [5, 5.41) is 9.77. The van der Waals surface area contributed by atoms with Gasteiger partial charge in [-0.3, -0.25) is 0 Å². The summed E-state index contributed by atoms with van der Waals surface area (Å²) in [5.74, 6) is 0.261. The van der Waals surface area contributed by atoms with Crippen molar-refractivity contribution in [3.63, 3.8) is 0 Å². The number of carboxylic acid groups (broad SMARTS) is 1. The number of fused-ring (bicyclic) bond motifs is 1. The van der Waals surface area contributed by atoms with Crippen molar-refractivity contribution in [3.8, 4) is 0 Å². The molecule has 0 spiro atoms. The zero-order valence-corrected chi connectivity index (χ0v) is 9.56. The molecule has 2 atom stereocenters. The van der Waals surface area contributed by atoms with Gasteiger partial charge in [0.05, 0.1) is 0 Å². The van der Waals surface area contributed by atoms with E-state index in [0.717, 1.165) is 5.41 Å². The van der Waals surface area contributed by atoms with E-state index in [2.05, 4.69) is 6.58 Å². The van der Waals surface area contributed by atoms with Crippen LogP contribution < -0.4 is 0 Å². The topological polar surface area (TPSA) is 77.9 Å². The molecular formula is C9H14N2O4S. The van der Waals surface area contributed by atoms with E-state index in [1.165, 1.54) is 9.21 Å². The van der Waals surface area contributed by atoms with E-state index in [-0.39, 0.29) is 11.8 Å². The van der Waals surface area contributed by atoms with Crippen LogP contribution in [-0.4, -0.2) is 55.0 Å². The molecule has 2 aliphatic heterocycles. The third-order valence-electron chi connectivity index (χ3n) is 3.29. The largest absolute Gasteiger partial charge is 0.465 e. The molecule has 0 saturated carbocycles. The minimum atomic E-state index is -3.35. The SMILES string of the molecule is C=CS(=O)(=O)N1CC2CN(C(=O)O)CC2C1. The van der Waals surface area contributed by atoms with Crippen LogP contribution in [0.1, 0.15) is 0 Å². The molecule has 1 amide bonds. The van der Waals surface area contributed by atoms with Gasteiger partial charge in [0.25, 0.3) is 0 Å². The first-order valence-corrected chi connectivity index (χ1v) is 6.55. The molecule has 7 heteroatoms. The van der Waals surface area contributed by atoms with Gasteiger partial charge in [0.1, 0.15) is 0 Å². The van der Waals surface area contributed by atoms with Gasteiger partial charge in [-0.2, -0.15) is 4.31 Å². The first-order valence-electron chi connectivity index (χ1n) is 5.04. The number of nitrogens with zero attached hydrogens (tertiary/aromatic N) is 2. The molecule has 2 unspecified atom stereocenters. The van der Waals surface area contributed by atoms with E-state index in [1.54, 1.807) is 0 Å². The predicted octanol–water partition coefficient (Wildman–Crippen LogP) is 0.00130. The quantitative estimate of drug-likeness (QED) is 0.744. The monoisotopic (exact) mass is 246 g/mol. The van der Waals surface area contributed by atoms with Gasteiger partial charge in [-0.25, -0.2) is 13.2 Å². The summed E-state index contributed by atoms with van der Waals surface area (Å²) in [6.45, 7) is 4.96. The fourth-order valence-electron chi connectivity index (χ4n) is 2.42.